The molecule has 1 aromatic carbocycles. The summed E-state index contributed by atoms with van der Waals surface area (Å²) in [6.45, 7) is 0.385. The average molecular weight is 326 g/mol. The van der Waals surface area contributed by atoms with Gasteiger partial charge < -0.3 is 9.47 Å². The van der Waals surface area contributed by atoms with Crippen molar-refractivity contribution in [1.82, 2.24) is 0 Å². The molecule has 0 aromatic heterocycles. The van der Waals surface area contributed by atoms with E-state index < -0.39 is 0 Å². The predicted octanol–water partition coefficient (Wildman–Crippen LogP) is 3.22. The van der Waals surface area contributed by atoms with E-state index in [-0.39, 0.29) is 12.1 Å². The molecule has 0 radical (unpaired) electrons. The Kier molecular flexibility index (Phi) is 3.09. The zero-order valence-electron chi connectivity index (χ0n) is 7.10. The second kappa shape index (κ2) is 4.16. The highest BCUT2D eigenvalue weighted by molar-refractivity contribution is 9.10. The fourth-order valence-corrected chi connectivity index (χ4v) is 1.87. The van der Waals surface area contributed by atoms with E-state index in [1.165, 1.54) is 6.07 Å². The second-order valence-electron chi connectivity index (χ2n) is 2.89. The summed E-state index contributed by atoms with van der Waals surface area (Å²) in [5.74, 6) is 0.377. The topological polar surface area (TPSA) is 18.5 Å². The summed E-state index contributed by atoms with van der Waals surface area (Å²) in [4.78, 5) is 0. The van der Waals surface area contributed by atoms with Crippen LogP contribution in [0.2, 0.25) is 0 Å². The molecule has 0 saturated carbocycles. The van der Waals surface area contributed by atoms with E-state index in [1.807, 2.05) is 0 Å². The number of ether oxygens (including phenoxy) is 2. The van der Waals surface area contributed by atoms with Crippen LogP contribution < -0.4 is 4.74 Å². The molecule has 1 atom stereocenters. The lowest BCUT2D eigenvalue weighted by Crippen LogP contribution is -2.26. The van der Waals surface area contributed by atoms with Gasteiger partial charge in [-0.05, 0) is 28.1 Å². The number of rotatable bonds is 1. The third-order valence-electron chi connectivity index (χ3n) is 1.91. The summed E-state index contributed by atoms with van der Waals surface area (Å²) in [5.41, 5.74) is 0.739. The Morgan fingerprint density at radius 2 is 2.29 bits per heavy atom. The molecule has 1 heterocycles. The fraction of sp³-hybridized carbons (Fsp3) is 0.333. The molecular weight excluding hydrogens is 319 g/mol. The average Bonchev–Trinajstić information content (AvgIpc) is 2.19. The summed E-state index contributed by atoms with van der Waals surface area (Å²) in [7, 11) is 0. The lowest BCUT2D eigenvalue weighted by atomic mass is 10.2. The van der Waals surface area contributed by atoms with Crippen molar-refractivity contribution in [3.63, 3.8) is 0 Å². The molecule has 2 nitrogen and oxygen atoms in total. The Bertz CT molecular complexity index is 357. The molecule has 0 aliphatic carbocycles. The lowest BCUT2D eigenvalue weighted by molar-refractivity contribution is -0.0905. The third kappa shape index (κ3) is 1.94. The zero-order valence-corrected chi connectivity index (χ0v) is 10.3. The largest absolute Gasteiger partial charge is 0.464 e. The highest BCUT2D eigenvalue weighted by Gasteiger charge is 2.20. The summed E-state index contributed by atoms with van der Waals surface area (Å²) >= 11 is 6.37. The molecule has 0 amide bonds. The normalized spacial score (nSPS) is 20.1. The number of benzene rings is 1. The van der Waals surface area contributed by atoms with Gasteiger partial charge in [-0.1, -0.05) is 15.9 Å². The molecule has 0 N–H and O–H groups in total. The van der Waals surface area contributed by atoms with Crippen molar-refractivity contribution in [1.29, 1.82) is 0 Å². The molecule has 2 rings (SSSR count). The zero-order chi connectivity index (χ0) is 10.1. The van der Waals surface area contributed by atoms with Crippen LogP contribution in [0.4, 0.5) is 4.39 Å². The Hall–Kier alpha value is -0.130. The van der Waals surface area contributed by atoms with Crippen LogP contribution in [0.5, 0.6) is 5.75 Å². The van der Waals surface area contributed by atoms with E-state index in [2.05, 4.69) is 31.9 Å². The highest BCUT2D eigenvalue weighted by atomic mass is 79.9. The molecule has 76 valence electrons. The Morgan fingerprint density at radius 1 is 1.50 bits per heavy atom. The van der Waals surface area contributed by atoms with Gasteiger partial charge >= 0.3 is 0 Å². The van der Waals surface area contributed by atoms with Crippen LogP contribution in [0, 0.1) is 5.82 Å². The minimum atomic E-state index is -0.298. The standard InChI is InChI=1S/C9H7Br2FO2/c10-3-9-13-4-5-1-7(12)6(11)2-8(5)14-9/h1-2,9H,3-4H2. The van der Waals surface area contributed by atoms with Gasteiger partial charge in [0.05, 0.1) is 16.4 Å². The van der Waals surface area contributed by atoms with Crippen molar-refractivity contribution in [2.75, 3.05) is 5.33 Å². The van der Waals surface area contributed by atoms with Gasteiger partial charge in [0, 0.05) is 5.56 Å². The van der Waals surface area contributed by atoms with Crippen LogP contribution >= 0.6 is 31.9 Å². The first kappa shape index (κ1) is 10.4. The van der Waals surface area contributed by atoms with Crippen LogP contribution in [-0.4, -0.2) is 11.6 Å². The van der Waals surface area contributed by atoms with E-state index in [9.17, 15) is 4.39 Å². The fourth-order valence-electron chi connectivity index (χ4n) is 1.23. The maximum atomic E-state index is 13.1. The van der Waals surface area contributed by atoms with Crippen molar-refractivity contribution in [2.45, 2.75) is 12.9 Å². The van der Waals surface area contributed by atoms with Crippen molar-refractivity contribution in [3.8, 4) is 5.75 Å². The van der Waals surface area contributed by atoms with Crippen LogP contribution in [-0.2, 0) is 11.3 Å². The number of hydrogen-bond acceptors (Lipinski definition) is 2. The van der Waals surface area contributed by atoms with E-state index >= 15 is 0 Å². The van der Waals surface area contributed by atoms with Crippen molar-refractivity contribution < 1.29 is 13.9 Å². The van der Waals surface area contributed by atoms with Crippen molar-refractivity contribution >= 4 is 31.9 Å². The SMILES string of the molecule is Fc1cc2c(cc1Br)OC(CBr)OC2. The second-order valence-corrected chi connectivity index (χ2v) is 4.39. The Labute approximate surface area is 97.6 Å². The summed E-state index contributed by atoms with van der Waals surface area (Å²) in [6, 6.07) is 3.05. The first-order valence-corrected chi connectivity index (χ1v) is 5.94. The monoisotopic (exact) mass is 324 g/mol. The molecule has 0 spiro atoms. The van der Waals surface area contributed by atoms with Crippen LogP contribution in [0.25, 0.3) is 0 Å². The molecule has 14 heavy (non-hydrogen) atoms. The summed E-state index contributed by atoms with van der Waals surface area (Å²) in [6.07, 6.45) is -0.292. The quantitative estimate of drug-likeness (QED) is 0.738. The third-order valence-corrected chi connectivity index (χ3v) is 3.05. The molecule has 1 aromatic rings. The van der Waals surface area contributed by atoms with Crippen molar-refractivity contribution in [3.05, 3.63) is 28.0 Å². The number of fused-ring (bicyclic) bond motifs is 1. The molecule has 0 bridgehead atoms. The van der Waals surface area contributed by atoms with Gasteiger partial charge in [0.2, 0.25) is 6.29 Å². The maximum absolute atomic E-state index is 13.1. The van der Waals surface area contributed by atoms with Crippen LogP contribution in [0.15, 0.2) is 16.6 Å². The molecule has 0 fully saturated rings. The van der Waals surface area contributed by atoms with E-state index in [0.29, 0.717) is 22.2 Å². The number of hydrogen-bond donors (Lipinski definition) is 0. The van der Waals surface area contributed by atoms with Crippen LogP contribution in [0.1, 0.15) is 5.56 Å². The first-order chi connectivity index (χ1) is 6.70. The van der Waals surface area contributed by atoms with E-state index in [0.717, 1.165) is 5.56 Å². The van der Waals surface area contributed by atoms with Gasteiger partial charge in [0.15, 0.2) is 0 Å². The number of alkyl halides is 1. The minimum absolute atomic E-state index is 0.292. The smallest absolute Gasteiger partial charge is 0.209 e. The van der Waals surface area contributed by atoms with Gasteiger partial charge in [-0.2, -0.15) is 0 Å². The Morgan fingerprint density at radius 3 is 3.00 bits per heavy atom. The number of halogens is 3. The summed E-state index contributed by atoms with van der Waals surface area (Å²) < 4.78 is 24.3. The maximum Gasteiger partial charge on any atom is 0.209 e. The van der Waals surface area contributed by atoms with Crippen molar-refractivity contribution in [2.24, 2.45) is 0 Å². The molecule has 0 saturated heterocycles. The molecule has 1 unspecified atom stereocenters. The lowest BCUT2D eigenvalue weighted by Gasteiger charge is -2.25. The predicted molar refractivity (Wildman–Crippen MR) is 57.1 cm³/mol. The van der Waals surface area contributed by atoms with Crippen LogP contribution in [0.3, 0.4) is 0 Å². The molecule has 1 aliphatic heterocycles. The van der Waals surface area contributed by atoms with Gasteiger partial charge in [-0.15, -0.1) is 0 Å². The minimum Gasteiger partial charge on any atom is -0.464 e. The molecule has 5 heteroatoms. The molecular formula is C9H7Br2FO2. The first-order valence-electron chi connectivity index (χ1n) is 4.03. The summed E-state index contributed by atoms with van der Waals surface area (Å²) in [5, 5.41) is 0.599. The van der Waals surface area contributed by atoms with E-state index in [4.69, 9.17) is 9.47 Å². The van der Waals surface area contributed by atoms with Gasteiger partial charge in [-0.3, -0.25) is 0 Å². The van der Waals surface area contributed by atoms with Gasteiger partial charge in [0.1, 0.15) is 11.6 Å². The van der Waals surface area contributed by atoms with Gasteiger partial charge in [0.25, 0.3) is 0 Å². The highest BCUT2D eigenvalue weighted by Crippen LogP contribution is 2.31. The Balaban J connectivity index is 2.33. The van der Waals surface area contributed by atoms with Gasteiger partial charge in [-0.25, -0.2) is 4.39 Å². The van der Waals surface area contributed by atoms with E-state index in [1.54, 1.807) is 6.07 Å². The molecule has 1 aliphatic rings.